The van der Waals surface area contributed by atoms with E-state index in [0.717, 1.165) is 36.8 Å². The number of benzene rings is 1. The molecule has 1 aromatic rings. The van der Waals surface area contributed by atoms with Gasteiger partial charge in [0.1, 0.15) is 0 Å². The second kappa shape index (κ2) is 10.9. The first-order chi connectivity index (χ1) is 11.2. The largest absolute Gasteiger partial charge is 0.493 e. The van der Waals surface area contributed by atoms with Gasteiger partial charge in [0.2, 0.25) is 5.75 Å². The zero-order chi connectivity index (χ0) is 17.1. The lowest BCUT2D eigenvalue weighted by Crippen LogP contribution is -2.39. The van der Waals surface area contributed by atoms with Crippen LogP contribution in [0.25, 0.3) is 0 Å². The number of rotatable bonds is 9. The summed E-state index contributed by atoms with van der Waals surface area (Å²) in [4.78, 5) is 4.20. The summed E-state index contributed by atoms with van der Waals surface area (Å²) in [6.45, 7) is 1.63. The number of guanidine groups is 1. The van der Waals surface area contributed by atoms with Gasteiger partial charge in [0, 0.05) is 31.5 Å². The van der Waals surface area contributed by atoms with Crippen molar-refractivity contribution in [1.82, 2.24) is 10.6 Å². The Bertz CT molecular complexity index is 510. The van der Waals surface area contributed by atoms with Crippen LogP contribution in [-0.4, -0.2) is 59.4 Å². The molecule has 0 amide bonds. The number of hydrogen-bond donors (Lipinski definition) is 2. The van der Waals surface area contributed by atoms with Gasteiger partial charge >= 0.3 is 0 Å². The van der Waals surface area contributed by atoms with E-state index in [1.807, 2.05) is 12.1 Å². The van der Waals surface area contributed by atoms with Crippen molar-refractivity contribution in [3.05, 3.63) is 17.7 Å². The fourth-order valence-electron chi connectivity index (χ4n) is 2.17. The molecule has 1 aromatic carbocycles. The van der Waals surface area contributed by atoms with Crippen LogP contribution in [0.5, 0.6) is 17.2 Å². The Balaban J connectivity index is 2.67. The quantitative estimate of drug-likeness (QED) is 0.406. The van der Waals surface area contributed by atoms with E-state index in [2.05, 4.69) is 21.9 Å². The van der Waals surface area contributed by atoms with Crippen LogP contribution in [0.3, 0.4) is 0 Å². The minimum Gasteiger partial charge on any atom is -0.493 e. The summed E-state index contributed by atoms with van der Waals surface area (Å²) in [5.41, 5.74) is 1.05. The van der Waals surface area contributed by atoms with Crippen LogP contribution < -0.4 is 24.8 Å². The average molecular weight is 341 g/mol. The maximum atomic E-state index is 5.49. The van der Waals surface area contributed by atoms with Crippen LogP contribution in [0.1, 0.15) is 5.56 Å². The van der Waals surface area contributed by atoms with Crippen LogP contribution in [0, 0.1) is 0 Å². The summed E-state index contributed by atoms with van der Waals surface area (Å²) in [7, 11) is 6.63. The molecule has 23 heavy (non-hydrogen) atoms. The number of thioether (sulfide) groups is 1. The van der Waals surface area contributed by atoms with E-state index in [-0.39, 0.29) is 0 Å². The average Bonchev–Trinajstić information content (AvgIpc) is 2.59. The maximum Gasteiger partial charge on any atom is 0.203 e. The molecule has 0 aliphatic carbocycles. The third kappa shape index (κ3) is 5.74. The summed E-state index contributed by atoms with van der Waals surface area (Å²) in [6, 6.07) is 3.88. The van der Waals surface area contributed by atoms with Crippen molar-refractivity contribution in [1.29, 1.82) is 0 Å². The lowest BCUT2D eigenvalue weighted by molar-refractivity contribution is 0.322. The molecule has 0 heterocycles. The summed E-state index contributed by atoms with van der Waals surface area (Å²) in [5.74, 6) is 3.84. The highest BCUT2D eigenvalue weighted by Gasteiger charge is 2.15. The molecule has 7 heteroatoms. The monoisotopic (exact) mass is 341 g/mol. The van der Waals surface area contributed by atoms with Gasteiger partial charge in [-0.3, -0.25) is 4.99 Å². The second-order valence-corrected chi connectivity index (χ2v) is 5.65. The van der Waals surface area contributed by atoms with E-state index in [1.54, 1.807) is 40.1 Å². The van der Waals surface area contributed by atoms with Gasteiger partial charge in [-0.2, -0.15) is 11.8 Å². The van der Waals surface area contributed by atoms with Crippen molar-refractivity contribution in [2.45, 2.75) is 6.42 Å². The molecule has 0 fully saturated rings. The SMILES string of the molecule is CN=C(NCCSC)NCCc1ccc(OC)c(OC)c1OC. The molecule has 0 atom stereocenters. The van der Waals surface area contributed by atoms with E-state index < -0.39 is 0 Å². The Morgan fingerprint density at radius 2 is 1.74 bits per heavy atom. The first-order valence-electron chi connectivity index (χ1n) is 7.43. The number of methoxy groups -OCH3 is 3. The molecular weight excluding hydrogens is 314 g/mol. The van der Waals surface area contributed by atoms with Crippen molar-refractivity contribution in [2.75, 3.05) is 53.5 Å². The van der Waals surface area contributed by atoms with Crippen LogP contribution >= 0.6 is 11.8 Å². The number of nitrogens with zero attached hydrogens (tertiary/aromatic N) is 1. The Morgan fingerprint density at radius 3 is 2.30 bits per heavy atom. The normalized spacial score (nSPS) is 11.1. The molecule has 130 valence electrons. The summed E-state index contributed by atoms with van der Waals surface area (Å²) >= 11 is 1.80. The van der Waals surface area contributed by atoms with E-state index in [9.17, 15) is 0 Å². The maximum absolute atomic E-state index is 5.49. The first-order valence-corrected chi connectivity index (χ1v) is 8.82. The Hall–Kier alpha value is -1.76. The number of hydrogen-bond acceptors (Lipinski definition) is 5. The fraction of sp³-hybridized carbons (Fsp3) is 0.562. The van der Waals surface area contributed by atoms with Crippen molar-refractivity contribution < 1.29 is 14.2 Å². The highest BCUT2D eigenvalue weighted by molar-refractivity contribution is 7.98. The zero-order valence-corrected chi connectivity index (χ0v) is 15.4. The van der Waals surface area contributed by atoms with Gasteiger partial charge in [0.25, 0.3) is 0 Å². The molecule has 0 radical (unpaired) electrons. The van der Waals surface area contributed by atoms with Gasteiger partial charge in [-0.1, -0.05) is 6.07 Å². The summed E-state index contributed by atoms with van der Waals surface area (Å²) < 4.78 is 16.2. The van der Waals surface area contributed by atoms with Crippen molar-refractivity contribution >= 4 is 17.7 Å². The highest BCUT2D eigenvalue weighted by Crippen LogP contribution is 2.39. The van der Waals surface area contributed by atoms with E-state index in [4.69, 9.17) is 14.2 Å². The topological polar surface area (TPSA) is 64.1 Å². The molecule has 2 N–H and O–H groups in total. The van der Waals surface area contributed by atoms with Gasteiger partial charge in [-0.25, -0.2) is 0 Å². The van der Waals surface area contributed by atoms with Crippen molar-refractivity contribution in [3.8, 4) is 17.2 Å². The lowest BCUT2D eigenvalue weighted by Gasteiger charge is -2.16. The number of aliphatic imine (C=N–C) groups is 1. The van der Waals surface area contributed by atoms with Gasteiger partial charge in [0.05, 0.1) is 21.3 Å². The number of nitrogens with one attached hydrogen (secondary N) is 2. The Labute approximate surface area is 143 Å². The Morgan fingerprint density at radius 1 is 1.04 bits per heavy atom. The Kier molecular flexibility index (Phi) is 9.12. The summed E-state index contributed by atoms with van der Waals surface area (Å²) in [6.07, 6.45) is 2.87. The predicted octanol–water partition coefficient (Wildman–Crippen LogP) is 1.78. The smallest absolute Gasteiger partial charge is 0.203 e. The summed E-state index contributed by atoms with van der Waals surface area (Å²) in [5, 5.41) is 6.56. The molecular formula is C16H27N3O3S. The molecule has 1 rings (SSSR count). The second-order valence-electron chi connectivity index (χ2n) is 4.66. The van der Waals surface area contributed by atoms with E-state index >= 15 is 0 Å². The molecule has 0 spiro atoms. The molecule has 0 unspecified atom stereocenters. The van der Waals surface area contributed by atoms with Gasteiger partial charge in [0.15, 0.2) is 17.5 Å². The predicted molar refractivity (Wildman–Crippen MR) is 97.5 cm³/mol. The van der Waals surface area contributed by atoms with E-state index in [1.165, 1.54) is 0 Å². The van der Waals surface area contributed by atoms with E-state index in [0.29, 0.717) is 17.2 Å². The molecule has 6 nitrogen and oxygen atoms in total. The minimum absolute atomic E-state index is 0.620. The molecule has 0 aliphatic rings. The molecule has 0 saturated heterocycles. The van der Waals surface area contributed by atoms with Crippen LogP contribution in [-0.2, 0) is 6.42 Å². The minimum atomic E-state index is 0.620. The highest BCUT2D eigenvalue weighted by atomic mass is 32.2. The zero-order valence-electron chi connectivity index (χ0n) is 14.6. The third-order valence-electron chi connectivity index (χ3n) is 3.29. The fourth-order valence-corrected chi connectivity index (χ4v) is 2.47. The molecule has 0 aromatic heterocycles. The molecule has 0 bridgehead atoms. The van der Waals surface area contributed by atoms with Gasteiger partial charge in [-0.15, -0.1) is 0 Å². The van der Waals surface area contributed by atoms with Crippen molar-refractivity contribution in [2.24, 2.45) is 4.99 Å². The van der Waals surface area contributed by atoms with Crippen LogP contribution in [0.15, 0.2) is 17.1 Å². The lowest BCUT2D eigenvalue weighted by atomic mass is 10.1. The first kappa shape index (κ1) is 19.3. The molecule has 0 saturated carbocycles. The molecule has 0 aliphatic heterocycles. The standard InChI is InChI=1S/C16H27N3O3S/c1-17-16(19-10-11-23-5)18-9-8-12-6-7-13(20-2)15(22-4)14(12)21-3/h6-7H,8-11H2,1-5H3,(H2,17,18,19). The third-order valence-corrected chi connectivity index (χ3v) is 3.91. The van der Waals surface area contributed by atoms with Crippen LogP contribution in [0.2, 0.25) is 0 Å². The van der Waals surface area contributed by atoms with Gasteiger partial charge in [-0.05, 0) is 18.7 Å². The van der Waals surface area contributed by atoms with Crippen LogP contribution in [0.4, 0.5) is 0 Å². The van der Waals surface area contributed by atoms with Crippen molar-refractivity contribution in [3.63, 3.8) is 0 Å². The van der Waals surface area contributed by atoms with Gasteiger partial charge < -0.3 is 24.8 Å². The number of ether oxygens (including phenoxy) is 3.